The van der Waals surface area contributed by atoms with Gasteiger partial charge in [0.25, 0.3) is 5.89 Å². The maximum Gasteiger partial charge on any atom is 0.258 e. The molecule has 0 spiro atoms. The number of phenolic OH excluding ortho intramolecular Hbond substituents is 1. The van der Waals surface area contributed by atoms with Gasteiger partial charge >= 0.3 is 0 Å². The first-order valence-electron chi connectivity index (χ1n) is 6.14. The SMILES string of the molecule is Cc1cc(O)ccc1-c1nc(-c2ccc(Cl)c(Br)c2)no1. The fourth-order valence-corrected chi connectivity index (χ4v) is 2.47. The Bertz CT molecular complexity index is 817. The molecule has 1 aromatic heterocycles. The minimum Gasteiger partial charge on any atom is -0.508 e. The van der Waals surface area contributed by atoms with E-state index in [9.17, 15) is 5.11 Å². The maximum absolute atomic E-state index is 9.44. The normalized spacial score (nSPS) is 10.8. The quantitative estimate of drug-likeness (QED) is 0.706. The molecule has 3 rings (SSSR count). The summed E-state index contributed by atoms with van der Waals surface area (Å²) >= 11 is 9.34. The molecule has 0 bridgehead atoms. The zero-order chi connectivity index (χ0) is 15.0. The maximum atomic E-state index is 9.44. The lowest BCUT2D eigenvalue weighted by atomic mass is 10.1. The second kappa shape index (κ2) is 5.50. The fourth-order valence-electron chi connectivity index (χ4n) is 1.97. The van der Waals surface area contributed by atoms with E-state index in [0.29, 0.717) is 16.7 Å². The summed E-state index contributed by atoms with van der Waals surface area (Å²) in [6.07, 6.45) is 0. The van der Waals surface area contributed by atoms with E-state index in [1.54, 1.807) is 24.3 Å². The van der Waals surface area contributed by atoms with E-state index >= 15 is 0 Å². The summed E-state index contributed by atoms with van der Waals surface area (Å²) in [4.78, 5) is 4.39. The van der Waals surface area contributed by atoms with E-state index < -0.39 is 0 Å². The van der Waals surface area contributed by atoms with Gasteiger partial charge in [-0.2, -0.15) is 4.98 Å². The topological polar surface area (TPSA) is 59.2 Å². The van der Waals surface area contributed by atoms with Gasteiger partial charge in [-0.15, -0.1) is 0 Å². The molecular weight excluding hydrogens is 356 g/mol. The van der Waals surface area contributed by atoms with Crippen molar-refractivity contribution in [1.29, 1.82) is 0 Å². The molecule has 0 unspecified atom stereocenters. The number of nitrogens with zero attached hydrogens (tertiary/aromatic N) is 2. The van der Waals surface area contributed by atoms with Crippen molar-refractivity contribution >= 4 is 27.5 Å². The summed E-state index contributed by atoms with van der Waals surface area (Å²) < 4.78 is 6.08. The van der Waals surface area contributed by atoms with Gasteiger partial charge in [-0.1, -0.05) is 16.8 Å². The van der Waals surface area contributed by atoms with Crippen LogP contribution in [0.1, 0.15) is 5.56 Å². The summed E-state index contributed by atoms with van der Waals surface area (Å²) in [7, 11) is 0. The molecule has 0 radical (unpaired) electrons. The first-order valence-corrected chi connectivity index (χ1v) is 7.31. The zero-order valence-corrected chi connectivity index (χ0v) is 13.3. The van der Waals surface area contributed by atoms with Crippen LogP contribution in [0.3, 0.4) is 0 Å². The van der Waals surface area contributed by atoms with Gasteiger partial charge in [0.05, 0.1) is 5.02 Å². The lowest BCUT2D eigenvalue weighted by Crippen LogP contribution is -1.84. The standard InChI is InChI=1S/C15H10BrClN2O2/c1-8-6-10(20)3-4-11(8)15-18-14(19-21-15)9-2-5-13(17)12(16)7-9/h2-7,20H,1H3. The van der Waals surface area contributed by atoms with Gasteiger partial charge in [-0.3, -0.25) is 0 Å². The smallest absolute Gasteiger partial charge is 0.258 e. The van der Waals surface area contributed by atoms with Gasteiger partial charge in [0, 0.05) is 15.6 Å². The van der Waals surface area contributed by atoms with Gasteiger partial charge in [0.15, 0.2) is 0 Å². The highest BCUT2D eigenvalue weighted by atomic mass is 79.9. The summed E-state index contributed by atoms with van der Waals surface area (Å²) in [5, 5.41) is 14.0. The second-order valence-corrected chi connectivity index (χ2v) is 5.81. The van der Waals surface area contributed by atoms with Crippen LogP contribution in [-0.2, 0) is 0 Å². The number of aromatic nitrogens is 2. The molecule has 0 saturated carbocycles. The molecule has 6 heteroatoms. The minimum absolute atomic E-state index is 0.206. The molecule has 0 fully saturated rings. The van der Waals surface area contributed by atoms with Crippen LogP contribution in [0.15, 0.2) is 45.4 Å². The molecule has 0 atom stereocenters. The summed E-state index contributed by atoms with van der Waals surface area (Å²) in [6, 6.07) is 10.4. The summed E-state index contributed by atoms with van der Waals surface area (Å²) in [5.74, 6) is 1.10. The molecule has 1 N–H and O–H groups in total. The monoisotopic (exact) mass is 364 g/mol. The Kier molecular flexibility index (Phi) is 3.69. The highest BCUT2D eigenvalue weighted by Gasteiger charge is 2.13. The van der Waals surface area contributed by atoms with Crippen molar-refractivity contribution < 1.29 is 9.63 Å². The number of aromatic hydroxyl groups is 1. The van der Waals surface area contributed by atoms with Crippen LogP contribution in [0.4, 0.5) is 0 Å². The largest absolute Gasteiger partial charge is 0.508 e. The van der Waals surface area contributed by atoms with Crippen LogP contribution in [-0.4, -0.2) is 15.2 Å². The van der Waals surface area contributed by atoms with Gasteiger partial charge in [-0.05, 0) is 64.8 Å². The third kappa shape index (κ3) is 2.80. The third-order valence-electron chi connectivity index (χ3n) is 3.04. The first kappa shape index (κ1) is 14.1. The fraction of sp³-hybridized carbons (Fsp3) is 0.0667. The lowest BCUT2D eigenvalue weighted by molar-refractivity contribution is 0.432. The molecule has 21 heavy (non-hydrogen) atoms. The number of hydrogen-bond acceptors (Lipinski definition) is 4. The Labute approximate surface area is 134 Å². The Morgan fingerprint density at radius 3 is 2.71 bits per heavy atom. The average molecular weight is 366 g/mol. The molecule has 0 aliphatic rings. The molecule has 1 heterocycles. The molecule has 106 valence electrons. The number of phenols is 1. The number of rotatable bonds is 2. The van der Waals surface area contributed by atoms with E-state index in [2.05, 4.69) is 26.1 Å². The van der Waals surface area contributed by atoms with Crippen LogP contribution in [0.2, 0.25) is 5.02 Å². The van der Waals surface area contributed by atoms with Crippen molar-refractivity contribution in [2.24, 2.45) is 0 Å². The molecular formula is C15H10BrClN2O2. The van der Waals surface area contributed by atoms with Crippen molar-refractivity contribution in [2.75, 3.05) is 0 Å². The number of halogens is 2. The van der Waals surface area contributed by atoms with E-state index in [1.165, 1.54) is 0 Å². The van der Waals surface area contributed by atoms with Gasteiger partial charge in [-0.25, -0.2) is 0 Å². The van der Waals surface area contributed by atoms with Crippen molar-refractivity contribution in [3.63, 3.8) is 0 Å². The van der Waals surface area contributed by atoms with Gasteiger partial charge < -0.3 is 9.63 Å². The predicted molar refractivity (Wildman–Crippen MR) is 84.3 cm³/mol. The molecule has 3 aromatic rings. The van der Waals surface area contributed by atoms with Crippen LogP contribution < -0.4 is 0 Å². The highest BCUT2D eigenvalue weighted by Crippen LogP contribution is 2.30. The summed E-state index contributed by atoms with van der Waals surface area (Å²) in [5.41, 5.74) is 2.46. The van der Waals surface area contributed by atoms with E-state index in [0.717, 1.165) is 21.2 Å². The van der Waals surface area contributed by atoms with Crippen LogP contribution in [0, 0.1) is 6.92 Å². The van der Waals surface area contributed by atoms with Crippen LogP contribution >= 0.6 is 27.5 Å². The average Bonchev–Trinajstić information content (AvgIpc) is 2.91. The molecule has 4 nitrogen and oxygen atoms in total. The Morgan fingerprint density at radius 2 is 2.00 bits per heavy atom. The lowest BCUT2D eigenvalue weighted by Gasteiger charge is -2.00. The zero-order valence-electron chi connectivity index (χ0n) is 11.0. The highest BCUT2D eigenvalue weighted by molar-refractivity contribution is 9.10. The van der Waals surface area contributed by atoms with Crippen LogP contribution in [0.25, 0.3) is 22.8 Å². The second-order valence-electron chi connectivity index (χ2n) is 4.55. The predicted octanol–water partition coefficient (Wildman–Crippen LogP) is 4.83. The minimum atomic E-state index is 0.206. The Hall–Kier alpha value is -1.85. The van der Waals surface area contributed by atoms with Crippen LogP contribution in [0.5, 0.6) is 5.75 Å². The molecule has 0 aliphatic heterocycles. The number of aryl methyl sites for hydroxylation is 1. The van der Waals surface area contributed by atoms with Crippen molar-refractivity contribution in [3.05, 3.63) is 51.5 Å². The number of hydrogen-bond donors (Lipinski definition) is 1. The van der Waals surface area contributed by atoms with Crippen molar-refractivity contribution in [2.45, 2.75) is 6.92 Å². The van der Waals surface area contributed by atoms with Gasteiger partial charge in [0.1, 0.15) is 5.75 Å². The first-order chi connectivity index (χ1) is 10.0. The third-order valence-corrected chi connectivity index (χ3v) is 4.26. The van der Waals surface area contributed by atoms with Crippen molar-refractivity contribution in [3.8, 4) is 28.6 Å². The number of benzene rings is 2. The molecule has 0 amide bonds. The summed E-state index contributed by atoms with van der Waals surface area (Å²) in [6.45, 7) is 1.87. The Balaban J connectivity index is 2.01. The van der Waals surface area contributed by atoms with E-state index in [4.69, 9.17) is 16.1 Å². The van der Waals surface area contributed by atoms with E-state index in [-0.39, 0.29) is 5.75 Å². The van der Waals surface area contributed by atoms with Gasteiger partial charge in [0.2, 0.25) is 5.82 Å². The molecule has 2 aromatic carbocycles. The molecule has 0 aliphatic carbocycles. The van der Waals surface area contributed by atoms with E-state index in [1.807, 2.05) is 19.1 Å². The molecule has 0 saturated heterocycles. The Morgan fingerprint density at radius 1 is 1.19 bits per heavy atom. The van der Waals surface area contributed by atoms with Crippen molar-refractivity contribution in [1.82, 2.24) is 10.1 Å².